The highest BCUT2D eigenvalue weighted by atomic mass is 15.4. The lowest BCUT2D eigenvalue weighted by atomic mass is 9.90. The minimum Gasteiger partial charge on any atom is -0.353 e. The molecule has 1 aliphatic rings. The number of aryl methyl sites for hydroxylation is 5. The van der Waals surface area contributed by atoms with Crippen LogP contribution >= 0.6 is 0 Å². The van der Waals surface area contributed by atoms with Crippen molar-refractivity contribution in [1.82, 2.24) is 14.6 Å². The van der Waals surface area contributed by atoms with E-state index in [9.17, 15) is 0 Å². The maximum atomic E-state index is 5.16. The van der Waals surface area contributed by atoms with Gasteiger partial charge in [0.2, 0.25) is 0 Å². The van der Waals surface area contributed by atoms with E-state index in [4.69, 9.17) is 10.1 Å². The van der Waals surface area contributed by atoms with Crippen LogP contribution in [0.4, 0.5) is 5.82 Å². The lowest BCUT2D eigenvalue weighted by molar-refractivity contribution is 0.362. The molecule has 0 amide bonds. The molecule has 1 aromatic carbocycles. The van der Waals surface area contributed by atoms with Crippen molar-refractivity contribution in [2.24, 2.45) is 5.41 Å². The molecule has 0 fully saturated rings. The second-order valence-electron chi connectivity index (χ2n) is 11.1. The second-order valence-corrected chi connectivity index (χ2v) is 11.1. The Morgan fingerprint density at radius 3 is 2.22 bits per heavy atom. The van der Waals surface area contributed by atoms with E-state index < -0.39 is 0 Å². The van der Waals surface area contributed by atoms with E-state index >= 15 is 0 Å². The zero-order valence-electron chi connectivity index (χ0n) is 21.6. The average molecular weight is 433 g/mol. The summed E-state index contributed by atoms with van der Waals surface area (Å²) >= 11 is 0. The van der Waals surface area contributed by atoms with Crippen LogP contribution in [-0.4, -0.2) is 27.2 Å². The first-order valence-corrected chi connectivity index (χ1v) is 12.3. The molecule has 0 saturated heterocycles. The lowest BCUT2D eigenvalue weighted by Gasteiger charge is -2.40. The Kier molecular flexibility index (Phi) is 5.85. The number of anilines is 1. The number of rotatable bonds is 4. The zero-order chi connectivity index (χ0) is 23.4. The standard InChI is InChI=1S/C28H40N4/c1-10-22-11-12-23-20(5)29-26-25(24-18(3)15-17(2)16-19(24)4)21(6)30-32(26)27(23)31(22)14-13-28(7,8)9/h15-16,22H,10-14H2,1-9H3. The monoisotopic (exact) mass is 432 g/mol. The molecular weight excluding hydrogens is 392 g/mol. The minimum atomic E-state index is 0.304. The van der Waals surface area contributed by atoms with E-state index in [0.29, 0.717) is 11.5 Å². The summed E-state index contributed by atoms with van der Waals surface area (Å²) < 4.78 is 2.18. The van der Waals surface area contributed by atoms with Gasteiger partial charge < -0.3 is 4.90 Å². The van der Waals surface area contributed by atoms with E-state index in [1.54, 1.807) is 0 Å². The summed E-state index contributed by atoms with van der Waals surface area (Å²) in [6, 6.07) is 5.11. The number of hydrogen-bond donors (Lipinski definition) is 0. The van der Waals surface area contributed by atoms with Crippen LogP contribution in [0, 0.1) is 40.0 Å². The van der Waals surface area contributed by atoms with Gasteiger partial charge in [-0.1, -0.05) is 45.4 Å². The van der Waals surface area contributed by atoms with E-state index in [1.165, 1.54) is 45.6 Å². The van der Waals surface area contributed by atoms with Crippen LogP contribution in [0.3, 0.4) is 0 Å². The molecule has 1 aliphatic heterocycles. The first kappa shape index (κ1) is 22.8. The maximum absolute atomic E-state index is 5.16. The van der Waals surface area contributed by atoms with Crippen LogP contribution in [0.5, 0.6) is 0 Å². The van der Waals surface area contributed by atoms with E-state index in [0.717, 1.165) is 42.8 Å². The third-order valence-electron chi connectivity index (χ3n) is 7.16. The topological polar surface area (TPSA) is 33.4 Å². The fraction of sp³-hybridized carbons (Fsp3) is 0.571. The van der Waals surface area contributed by atoms with Gasteiger partial charge in [0.05, 0.1) is 11.3 Å². The van der Waals surface area contributed by atoms with Crippen molar-refractivity contribution < 1.29 is 0 Å². The van der Waals surface area contributed by atoms with Gasteiger partial charge in [-0.2, -0.15) is 9.61 Å². The van der Waals surface area contributed by atoms with Crippen molar-refractivity contribution in [2.75, 3.05) is 11.4 Å². The van der Waals surface area contributed by atoms with Crippen LogP contribution in [-0.2, 0) is 6.42 Å². The van der Waals surface area contributed by atoms with Gasteiger partial charge in [-0.05, 0) is 82.4 Å². The Labute approximate surface area is 194 Å². The molecule has 0 spiro atoms. The highest BCUT2D eigenvalue weighted by molar-refractivity contribution is 5.85. The summed E-state index contributed by atoms with van der Waals surface area (Å²) in [6.07, 6.45) is 4.61. The van der Waals surface area contributed by atoms with Gasteiger partial charge >= 0.3 is 0 Å². The van der Waals surface area contributed by atoms with Crippen molar-refractivity contribution >= 4 is 11.5 Å². The van der Waals surface area contributed by atoms with Gasteiger partial charge in [0, 0.05) is 23.8 Å². The van der Waals surface area contributed by atoms with Crippen LogP contribution in [0.15, 0.2) is 12.1 Å². The molecule has 4 heteroatoms. The molecular formula is C28H40N4. The number of fused-ring (bicyclic) bond motifs is 3. The van der Waals surface area contributed by atoms with E-state index in [2.05, 4.69) is 83.9 Å². The molecule has 3 heterocycles. The van der Waals surface area contributed by atoms with Gasteiger partial charge in [0.15, 0.2) is 5.65 Å². The SMILES string of the molecule is CCC1CCc2c(C)nc3c(-c4c(C)cc(C)cc4C)c(C)nn3c2N1CCC(C)(C)C. The molecule has 2 aromatic heterocycles. The normalized spacial score (nSPS) is 16.7. The highest BCUT2D eigenvalue weighted by Gasteiger charge is 2.32. The first-order valence-electron chi connectivity index (χ1n) is 12.3. The zero-order valence-corrected chi connectivity index (χ0v) is 21.6. The quantitative estimate of drug-likeness (QED) is 0.449. The predicted molar refractivity (Wildman–Crippen MR) is 136 cm³/mol. The van der Waals surface area contributed by atoms with E-state index in [-0.39, 0.29) is 0 Å². The largest absolute Gasteiger partial charge is 0.353 e. The summed E-state index contributed by atoms with van der Waals surface area (Å²) in [5.41, 5.74) is 11.3. The summed E-state index contributed by atoms with van der Waals surface area (Å²) in [6.45, 7) is 21.3. The molecule has 0 N–H and O–H groups in total. The van der Waals surface area contributed by atoms with Crippen molar-refractivity contribution in [3.63, 3.8) is 0 Å². The Hall–Kier alpha value is -2.36. The molecule has 0 radical (unpaired) electrons. The van der Waals surface area contributed by atoms with E-state index in [1.807, 2.05) is 0 Å². The highest BCUT2D eigenvalue weighted by Crippen LogP contribution is 2.39. The molecule has 32 heavy (non-hydrogen) atoms. The Bertz CT molecular complexity index is 1140. The first-order chi connectivity index (χ1) is 15.0. The second kappa shape index (κ2) is 8.20. The predicted octanol–water partition coefficient (Wildman–Crippen LogP) is 6.91. The van der Waals surface area contributed by atoms with Crippen LogP contribution in [0.25, 0.3) is 16.8 Å². The molecule has 0 aliphatic carbocycles. The molecule has 0 saturated carbocycles. The van der Waals surface area contributed by atoms with Gasteiger partial charge in [0.1, 0.15) is 5.82 Å². The summed E-state index contributed by atoms with van der Waals surface area (Å²) in [4.78, 5) is 7.81. The van der Waals surface area contributed by atoms with Crippen LogP contribution < -0.4 is 4.90 Å². The fourth-order valence-corrected chi connectivity index (χ4v) is 5.55. The van der Waals surface area contributed by atoms with Crippen molar-refractivity contribution in [3.8, 4) is 11.1 Å². The van der Waals surface area contributed by atoms with Crippen molar-refractivity contribution in [2.45, 2.75) is 94.0 Å². The van der Waals surface area contributed by atoms with Gasteiger partial charge in [0.25, 0.3) is 0 Å². The number of hydrogen-bond acceptors (Lipinski definition) is 3. The van der Waals surface area contributed by atoms with Crippen molar-refractivity contribution in [1.29, 1.82) is 0 Å². The summed E-state index contributed by atoms with van der Waals surface area (Å²) in [7, 11) is 0. The van der Waals surface area contributed by atoms with Gasteiger partial charge in [-0.3, -0.25) is 0 Å². The molecule has 4 rings (SSSR count). The number of nitrogens with zero attached hydrogens (tertiary/aromatic N) is 4. The van der Waals surface area contributed by atoms with Crippen molar-refractivity contribution in [3.05, 3.63) is 45.8 Å². The molecule has 3 aromatic rings. The van der Waals surface area contributed by atoms with Gasteiger partial charge in [-0.15, -0.1) is 0 Å². The third-order valence-corrected chi connectivity index (χ3v) is 7.16. The molecule has 1 atom stereocenters. The fourth-order valence-electron chi connectivity index (χ4n) is 5.55. The molecule has 172 valence electrons. The maximum Gasteiger partial charge on any atom is 0.165 e. The van der Waals surface area contributed by atoms with Crippen LogP contribution in [0.1, 0.15) is 80.6 Å². The lowest BCUT2D eigenvalue weighted by Crippen LogP contribution is -2.42. The third kappa shape index (κ3) is 3.93. The van der Waals surface area contributed by atoms with Gasteiger partial charge in [-0.25, -0.2) is 4.98 Å². The number of benzene rings is 1. The molecule has 0 bridgehead atoms. The number of aromatic nitrogens is 3. The average Bonchev–Trinajstić information content (AvgIpc) is 3.00. The summed E-state index contributed by atoms with van der Waals surface area (Å²) in [5.74, 6) is 1.28. The molecule has 1 unspecified atom stereocenters. The Morgan fingerprint density at radius 2 is 1.62 bits per heavy atom. The van der Waals surface area contributed by atoms with Crippen LogP contribution in [0.2, 0.25) is 0 Å². The summed E-state index contributed by atoms with van der Waals surface area (Å²) in [5, 5.41) is 5.12. The smallest absolute Gasteiger partial charge is 0.165 e. The Morgan fingerprint density at radius 1 is 0.969 bits per heavy atom. The molecule has 4 nitrogen and oxygen atoms in total. The Balaban J connectivity index is 1.97. The minimum absolute atomic E-state index is 0.304.